The van der Waals surface area contributed by atoms with Crippen molar-refractivity contribution < 1.29 is 4.74 Å². The highest BCUT2D eigenvalue weighted by Crippen LogP contribution is 2.20. The topological polar surface area (TPSA) is 40.1 Å². The van der Waals surface area contributed by atoms with Crippen LogP contribution in [0.25, 0.3) is 0 Å². The predicted molar refractivity (Wildman–Crippen MR) is 110 cm³/mol. The van der Waals surface area contributed by atoms with Crippen LogP contribution in [0, 0.1) is 5.92 Å². The zero-order valence-electron chi connectivity index (χ0n) is 15.0. The number of halogens is 1. The molecule has 1 N–H and O–H groups in total. The highest BCUT2D eigenvalue weighted by Gasteiger charge is 2.29. The standard InChI is InChI=1S/C18H32N4O.HI/c1-2-19-18(20-9-5-16-7-13-23-14-8-16)22-12-6-17(15-22)21-10-3-4-11-21;/h3-4,16-17H,2,5-15H2,1H3,(H,19,20);1H. The van der Waals surface area contributed by atoms with Gasteiger partial charge in [0.05, 0.1) is 0 Å². The van der Waals surface area contributed by atoms with Gasteiger partial charge in [-0.25, -0.2) is 0 Å². The molecule has 3 rings (SSSR count). The molecule has 3 heterocycles. The number of ether oxygens (including phenoxy) is 1. The Morgan fingerprint density at radius 1 is 1.21 bits per heavy atom. The zero-order valence-corrected chi connectivity index (χ0v) is 17.3. The summed E-state index contributed by atoms with van der Waals surface area (Å²) in [6, 6.07) is 0.685. The first-order chi connectivity index (χ1) is 11.4. The molecule has 3 aliphatic rings. The van der Waals surface area contributed by atoms with Crippen LogP contribution in [-0.2, 0) is 4.74 Å². The molecule has 0 aromatic carbocycles. The van der Waals surface area contributed by atoms with E-state index in [1.807, 2.05) is 0 Å². The molecule has 138 valence electrons. The van der Waals surface area contributed by atoms with E-state index in [-0.39, 0.29) is 24.0 Å². The van der Waals surface area contributed by atoms with E-state index >= 15 is 0 Å². The summed E-state index contributed by atoms with van der Waals surface area (Å²) in [5.41, 5.74) is 0. The Bertz CT molecular complexity index is 415. The van der Waals surface area contributed by atoms with Crippen LogP contribution in [0.3, 0.4) is 0 Å². The highest BCUT2D eigenvalue weighted by atomic mass is 127. The number of nitrogens with zero attached hydrogens (tertiary/aromatic N) is 3. The first-order valence-corrected chi connectivity index (χ1v) is 9.37. The lowest BCUT2D eigenvalue weighted by Crippen LogP contribution is -2.43. The summed E-state index contributed by atoms with van der Waals surface area (Å²) < 4.78 is 5.44. The summed E-state index contributed by atoms with van der Waals surface area (Å²) in [6.07, 6.45) is 9.45. The molecule has 0 aliphatic carbocycles. The largest absolute Gasteiger partial charge is 0.381 e. The van der Waals surface area contributed by atoms with E-state index in [2.05, 4.69) is 34.2 Å². The summed E-state index contributed by atoms with van der Waals surface area (Å²) in [7, 11) is 0. The fourth-order valence-corrected chi connectivity index (χ4v) is 3.84. The second kappa shape index (κ2) is 10.6. The van der Waals surface area contributed by atoms with Gasteiger partial charge < -0.3 is 15.0 Å². The monoisotopic (exact) mass is 448 g/mol. The van der Waals surface area contributed by atoms with Crippen LogP contribution in [0.2, 0.25) is 0 Å². The highest BCUT2D eigenvalue weighted by molar-refractivity contribution is 14.0. The molecule has 2 saturated heterocycles. The average molecular weight is 448 g/mol. The second-order valence-electron chi connectivity index (χ2n) is 6.89. The van der Waals surface area contributed by atoms with Gasteiger partial charge in [0, 0.05) is 58.5 Å². The van der Waals surface area contributed by atoms with E-state index < -0.39 is 0 Å². The minimum Gasteiger partial charge on any atom is -0.381 e. The summed E-state index contributed by atoms with van der Waals surface area (Å²) in [5.74, 6) is 1.92. The first kappa shape index (κ1) is 20.0. The molecule has 0 bridgehead atoms. The van der Waals surface area contributed by atoms with Crippen LogP contribution in [-0.4, -0.2) is 74.3 Å². The SMILES string of the molecule is CCNC(=NCCC1CCOCC1)N1CCC(N2CC=CC2)C1.I. The van der Waals surface area contributed by atoms with E-state index in [4.69, 9.17) is 9.73 Å². The molecular weight excluding hydrogens is 415 g/mol. The van der Waals surface area contributed by atoms with Gasteiger partial charge >= 0.3 is 0 Å². The maximum absolute atomic E-state index is 5.44. The lowest BCUT2D eigenvalue weighted by molar-refractivity contribution is 0.0646. The van der Waals surface area contributed by atoms with Gasteiger partial charge in [0.1, 0.15) is 0 Å². The Kier molecular flexibility index (Phi) is 8.83. The van der Waals surface area contributed by atoms with Crippen LogP contribution in [0.5, 0.6) is 0 Å². The first-order valence-electron chi connectivity index (χ1n) is 9.37. The maximum Gasteiger partial charge on any atom is 0.193 e. The fraction of sp³-hybridized carbons (Fsp3) is 0.833. The number of guanidine groups is 1. The number of rotatable bonds is 5. The van der Waals surface area contributed by atoms with Gasteiger partial charge in [-0.3, -0.25) is 9.89 Å². The molecule has 24 heavy (non-hydrogen) atoms. The number of hydrogen-bond acceptors (Lipinski definition) is 3. The molecule has 0 aromatic rings. The van der Waals surface area contributed by atoms with Crippen molar-refractivity contribution in [2.75, 3.05) is 52.5 Å². The third-order valence-electron chi connectivity index (χ3n) is 5.30. The quantitative estimate of drug-likeness (QED) is 0.304. The van der Waals surface area contributed by atoms with Gasteiger partial charge in [-0.2, -0.15) is 0 Å². The molecule has 3 aliphatic heterocycles. The zero-order chi connectivity index (χ0) is 15.9. The molecule has 5 nitrogen and oxygen atoms in total. The predicted octanol–water partition coefficient (Wildman–Crippen LogP) is 2.33. The van der Waals surface area contributed by atoms with E-state index in [0.717, 1.165) is 64.4 Å². The molecule has 0 saturated carbocycles. The van der Waals surface area contributed by atoms with Gasteiger partial charge in [0.15, 0.2) is 5.96 Å². The van der Waals surface area contributed by atoms with Gasteiger partial charge in [-0.05, 0) is 38.5 Å². The van der Waals surface area contributed by atoms with Crippen molar-refractivity contribution in [3.8, 4) is 0 Å². The van der Waals surface area contributed by atoms with E-state index in [1.165, 1.54) is 25.7 Å². The normalized spacial score (nSPS) is 26.0. The second-order valence-corrected chi connectivity index (χ2v) is 6.89. The van der Waals surface area contributed by atoms with Gasteiger partial charge in [-0.15, -0.1) is 24.0 Å². The number of likely N-dealkylation sites (tertiary alicyclic amines) is 1. The van der Waals surface area contributed by atoms with E-state index in [9.17, 15) is 0 Å². The van der Waals surface area contributed by atoms with Crippen LogP contribution in [0.4, 0.5) is 0 Å². The molecule has 0 aromatic heterocycles. The van der Waals surface area contributed by atoms with Gasteiger partial charge in [0.25, 0.3) is 0 Å². The number of aliphatic imine (C=N–C) groups is 1. The third kappa shape index (κ3) is 5.59. The van der Waals surface area contributed by atoms with Crippen molar-refractivity contribution in [1.29, 1.82) is 0 Å². The van der Waals surface area contributed by atoms with Crippen molar-refractivity contribution in [1.82, 2.24) is 15.1 Å². The van der Waals surface area contributed by atoms with Gasteiger partial charge in [0.2, 0.25) is 0 Å². The Balaban J connectivity index is 0.00000208. The van der Waals surface area contributed by atoms with Crippen molar-refractivity contribution in [3.63, 3.8) is 0 Å². The Hall–Kier alpha value is -0.340. The molecule has 1 unspecified atom stereocenters. The Labute approximate surface area is 163 Å². The smallest absolute Gasteiger partial charge is 0.193 e. The summed E-state index contributed by atoms with van der Waals surface area (Å²) in [4.78, 5) is 9.94. The Morgan fingerprint density at radius 2 is 1.96 bits per heavy atom. The number of nitrogens with one attached hydrogen (secondary N) is 1. The van der Waals surface area contributed by atoms with Crippen molar-refractivity contribution in [3.05, 3.63) is 12.2 Å². The summed E-state index contributed by atoms with van der Waals surface area (Å²) >= 11 is 0. The summed E-state index contributed by atoms with van der Waals surface area (Å²) in [6.45, 7) is 10.4. The van der Waals surface area contributed by atoms with E-state index in [0.29, 0.717) is 6.04 Å². The fourth-order valence-electron chi connectivity index (χ4n) is 3.84. The van der Waals surface area contributed by atoms with Crippen LogP contribution in [0.15, 0.2) is 17.1 Å². The molecule has 0 radical (unpaired) electrons. The van der Waals surface area contributed by atoms with Crippen molar-refractivity contribution in [2.45, 2.75) is 38.6 Å². The van der Waals surface area contributed by atoms with Crippen molar-refractivity contribution in [2.24, 2.45) is 10.9 Å². The lowest BCUT2D eigenvalue weighted by Gasteiger charge is -2.26. The summed E-state index contributed by atoms with van der Waals surface area (Å²) in [5, 5.41) is 3.49. The van der Waals surface area contributed by atoms with Crippen LogP contribution in [0.1, 0.15) is 32.6 Å². The van der Waals surface area contributed by atoms with E-state index in [1.54, 1.807) is 0 Å². The molecular formula is C18H33IN4O. The maximum atomic E-state index is 5.44. The lowest BCUT2D eigenvalue weighted by atomic mass is 9.97. The van der Waals surface area contributed by atoms with Crippen molar-refractivity contribution >= 4 is 29.9 Å². The molecule has 1 atom stereocenters. The molecule has 0 spiro atoms. The van der Waals surface area contributed by atoms with Crippen LogP contribution < -0.4 is 5.32 Å². The minimum absolute atomic E-state index is 0. The van der Waals surface area contributed by atoms with Gasteiger partial charge in [-0.1, -0.05) is 12.2 Å². The number of hydrogen-bond donors (Lipinski definition) is 1. The van der Waals surface area contributed by atoms with Crippen LogP contribution >= 0.6 is 24.0 Å². The minimum atomic E-state index is 0. The third-order valence-corrected chi connectivity index (χ3v) is 5.30. The average Bonchev–Trinajstić information content (AvgIpc) is 3.26. The molecule has 0 amide bonds. The molecule has 6 heteroatoms. The molecule has 2 fully saturated rings. The Morgan fingerprint density at radius 3 is 2.67 bits per heavy atom.